The zero-order chi connectivity index (χ0) is 19.6. The maximum Gasteiger partial charge on any atom is 0.217 e. The minimum Gasteiger partial charge on any atom is -0.191 e. The van der Waals surface area contributed by atoms with Crippen LogP contribution in [0.3, 0.4) is 0 Å². The molecule has 0 saturated carbocycles. The van der Waals surface area contributed by atoms with E-state index in [0.717, 1.165) is 25.8 Å². The van der Waals surface area contributed by atoms with Gasteiger partial charge in [0.1, 0.15) is 6.54 Å². The minimum atomic E-state index is 1.02. The van der Waals surface area contributed by atoms with Crippen molar-refractivity contribution in [2.45, 2.75) is 32.7 Å². The van der Waals surface area contributed by atoms with Crippen LogP contribution in [0.1, 0.15) is 24.5 Å². The first-order valence-corrected chi connectivity index (χ1v) is 10.7. The number of aryl methyl sites for hydroxylation is 1. The van der Waals surface area contributed by atoms with Crippen LogP contribution in [-0.4, -0.2) is 0 Å². The summed E-state index contributed by atoms with van der Waals surface area (Å²) in [6.45, 7) is 3.30. The summed E-state index contributed by atoms with van der Waals surface area (Å²) >= 11 is 0. The highest BCUT2D eigenvalue weighted by molar-refractivity contribution is 5.80. The standard InChI is InChI=1S/C28H26N/c1-2-19-29-27(23-14-7-4-8-15-23)20-26(21-11-5-3-6-12-21)25-18-17-22-13-9-10-16-24(22)28(25)29/h3-16,20H,2,17-19H2,1H3/q+1. The fourth-order valence-corrected chi connectivity index (χ4v) is 4.68. The van der Waals surface area contributed by atoms with Gasteiger partial charge in [-0.15, -0.1) is 0 Å². The largest absolute Gasteiger partial charge is 0.217 e. The molecular formula is C28H26N+. The van der Waals surface area contributed by atoms with Gasteiger partial charge in [0.2, 0.25) is 11.4 Å². The predicted molar refractivity (Wildman–Crippen MR) is 121 cm³/mol. The van der Waals surface area contributed by atoms with Crippen LogP contribution in [0.4, 0.5) is 0 Å². The normalized spacial score (nSPS) is 12.3. The van der Waals surface area contributed by atoms with Gasteiger partial charge in [0.15, 0.2) is 0 Å². The Balaban J connectivity index is 1.88. The molecule has 0 radical (unpaired) electrons. The van der Waals surface area contributed by atoms with Crippen LogP contribution in [0.5, 0.6) is 0 Å². The molecule has 0 fully saturated rings. The van der Waals surface area contributed by atoms with Gasteiger partial charge in [-0.25, -0.2) is 0 Å². The number of hydrogen-bond donors (Lipinski definition) is 0. The molecule has 1 aliphatic rings. The van der Waals surface area contributed by atoms with Crippen molar-refractivity contribution < 1.29 is 4.57 Å². The van der Waals surface area contributed by atoms with Crippen LogP contribution in [-0.2, 0) is 19.4 Å². The molecule has 1 heteroatoms. The average Bonchev–Trinajstić information content (AvgIpc) is 2.80. The minimum absolute atomic E-state index is 1.02. The highest BCUT2D eigenvalue weighted by atomic mass is 15.0. The highest BCUT2D eigenvalue weighted by Gasteiger charge is 2.31. The maximum atomic E-state index is 2.56. The first-order chi connectivity index (χ1) is 14.4. The molecular weight excluding hydrogens is 350 g/mol. The van der Waals surface area contributed by atoms with E-state index in [4.69, 9.17) is 0 Å². The van der Waals surface area contributed by atoms with E-state index in [2.05, 4.69) is 102 Å². The molecule has 0 N–H and O–H groups in total. The Hall–Kier alpha value is -3.19. The Morgan fingerprint density at radius 3 is 2.07 bits per heavy atom. The summed E-state index contributed by atoms with van der Waals surface area (Å²) in [7, 11) is 0. The van der Waals surface area contributed by atoms with Gasteiger partial charge in [-0.05, 0) is 47.7 Å². The van der Waals surface area contributed by atoms with Crippen molar-refractivity contribution in [3.05, 3.63) is 102 Å². The lowest BCUT2D eigenvalue weighted by molar-refractivity contribution is -0.675. The van der Waals surface area contributed by atoms with Crippen molar-refractivity contribution in [2.24, 2.45) is 0 Å². The SMILES string of the molecule is CCC[n+]1c(-c2ccccc2)cc(-c2ccccc2)c2c1-c1ccccc1CC2. The Kier molecular flexibility index (Phi) is 4.73. The summed E-state index contributed by atoms with van der Waals surface area (Å²) < 4.78 is 2.56. The maximum absolute atomic E-state index is 2.56. The van der Waals surface area contributed by atoms with E-state index in [0.29, 0.717) is 0 Å². The van der Waals surface area contributed by atoms with E-state index in [1.54, 1.807) is 0 Å². The molecule has 1 nitrogen and oxygen atoms in total. The van der Waals surface area contributed by atoms with Crippen LogP contribution in [0.25, 0.3) is 33.6 Å². The molecule has 1 aliphatic carbocycles. The second kappa shape index (κ2) is 7.67. The third-order valence-corrected chi connectivity index (χ3v) is 5.97. The third kappa shape index (κ3) is 3.17. The van der Waals surface area contributed by atoms with Gasteiger partial charge in [0, 0.05) is 29.2 Å². The van der Waals surface area contributed by atoms with E-state index in [-0.39, 0.29) is 0 Å². The monoisotopic (exact) mass is 376 g/mol. The first kappa shape index (κ1) is 17.9. The first-order valence-electron chi connectivity index (χ1n) is 10.7. The van der Waals surface area contributed by atoms with Gasteiger partial charge in [-0.3, -0.25) is 0 Å². The van der Waals surface area contributed by atoms with Crippen molar-refractivity contribution in [3.8, 4) is 33.6 Å². The molecule has 1 aromatic heterocycles. The summed E-state index contributed by atoms with van der Waals surface area (Å²) in [5.74, 6) is 0. The van der Waals surface area contributed by atoms with Crippen molar-refractivity contribution in [1.82, 2.24) is 0 Å². The molecule has 3 aromatic carbocycles. The zero-order valence-electron chi connectivity index (χ0n) is 16.9. The molecule has 0 atom stereocenters. The van der Waals surface area contributed by atoms with Gasteiger partial charge in [-0.2, -0.15) is 4.57 Å². The number of pyridine rings is 1. The van der Waals surface area contributed by atoms with Crippen LogP contribution < -0.4 is 4.57 Å². The Labute approximate surface area is 173 Å². The van der Waals surface area contributed by atoms with Crippen LogP contribution >= 0.6 is 0 Å². The van der Waals surface area contributed by atoms with Gasteiger partial charge >= 0.3 is 0 Å². The molecule has 0 amide bonds. The van der Waals surface area contributed by atoms with Crippen LogP contribution in [0.15, 0.2) is 91.0 Å². The second-order valence-corrected chi connectivity index (χ2v) is 7.81. The highest BCUT2D eigenvalue weighted by Crippen LogP contribution is 2.39. The van der Waals surface area contributed by atoms with E-state index in [1.165, 1.54) is 44.8 Å². The summed E-state index contributed by atoms with van der Waals surface area (Å²) in [5.41, 5.74) is 11.0. The van der Waals surface area contributed by atoms with Crippen molar-refractivity contribution in [2.75, 3.05) is 0 Å². The smallest absolute Gasteiger partial charge is 0.191 e. The summed E-state index contributed by atoms with van der Waals surface area (Å²) in [5, 5.41) is 0. The number of benzene rings is 3. The number of aromatic nitrogens is 1. The summed E-state index contributed by atoms with van der Waals surface area (Å²) in [6.07, 6.45) is 3.32. The zero-order valence-corrected chi connectivity index (χ0v) is 16.9. The Bertz CT molecular complexity index is 1140. The van der Waals surface area contributed by atoms with Crippen molar-refractivity contribution in [1.29, 1.82) is 0 Å². The number of fused-ring (bicyclic) bond motifs is 3. The Morgan fingerprint density at radius 2 is 1.34 bits per heavy atom. The second-order valence-electron chi connectivity index (χ2n) is 7.81. The molecule has 0 unspecified atom stereocenters. The number of rotatable bonds is 4. The average molecular weight is 377 g/mol. The predicted octanol–water partition coefficient (Wildman–Crippen LogP) is 6.48. The quantitative estimate of drug-likeness (QED) is 0.359. The lowest BCUT2D eigenvalue weighted by Gasteiger charge is -2.23. The third-order valence-electron chi connectivity index (χ3n) is 5.97. The van der Waals surface area contributed by atoms with Crippen molar-refractivity contribution >= 4 is 0 Å². The molecule has 1 heterocycles. The molecule has 0 spiro atoms. The topological polar surface area (TPSA) is 3.88 Å². The summed E-state index contributed by atoms with van der Waals surface area (Å²) in [4.78, 5) is 0. The van der Waals surface area contributed by atoms with Crippen LogP contribution in [0.2, 0.25) is 0 Å². The van der Waals surface area contributed by atoms with E-state index >= 15 is 0 Å². The molecule has 142 valence electrons. The van der Waals surface area contributed by atoms with Gasteiger partial charge in [0.05, 0.1) is 0 Å². The van der Waals surface area contributed by atoms with E-state index in [9.17, 15) is 0 Å². The molecule has 5 rings (SSSR count). The van der Waals surface area contributed by atoms with E-state index in [1.807, 2.05) is 0 Å². The molecule has 4 aromatic rings. The Morgan fingerprint density at radius 1 is 0.690 bits per heavy atom. The van der Waals surface area contributed by atoms with Gasteiger partial charge in [-0.1, -0.05) is 73.7 Å². The van der Waals surface area contributed by atoms with Crippen molar-refractivity contribution in [3.63, 3.8) is 0 Å². The molecule has 0 saturated heterocycles. The molecule has 0 aliphatic heterocycles. The lowest BCUT2D eigenvalue weighted by atomic mass is 9.83. The van der Waals surface area contributed by atoms with Crippen LogP contribution in [0, 0.1) is 0 Å². The lowest BCUT2D eigenvalue weighted by Crippen LogP contribution is -2.41. The number of hydrogen-bond acceptors (Lipinski definition) is 0. The number of nitrogens with zero attached hydrogens (tertiary/aromatic N) is 1. The van der Waals surface area contributed by atoms with E-state index < -0.39 is 0 Å². The summed E-state index contributed by atoms with van der Waals surface area (Å²) in [6, 6.07) is 33.1. The van der Waals surface area contributed by atoms with Gasteiger partial charge < -0.3 is 0 Å². The van der Waals surface area contributed by atoms with Gasteiger partial charge in [0.25, 0.3) is 0 Å². The molecule has 29 heavy (non-hydrogen) atoms. The fourth-order valence-electron chi connectivity index (χ4n) is 4.68. The molecule has 0 bridgehead atoms. The fraction of sp³-hybridized carbons (Fsp3) is 0.179.